The predicted molar refractivity (Wildman–Crippen MR) is 98.1 cm³/mol. The Morgan fingerprint density at radius 3 is 2.24 bits per heavy atom. The lowest BCUT2D eigenvalue weighted by Crippen LogP contribution is -2.22. The monoisotopic (exact) mass is 475 g/mol. The van der Waals surface area contributed by atoms with Gasteiger partial charge in [-0.2, -0.15) is 0 Å². The number of ether oxygens (including phenoxy) is 1. The van der Waals surface area contributed by atoms with Gasteiger partial charge in [-0.15, -0.1) is 0 Å². The van der Waals surface area contributed by atoms with Crippen molar-refractivity contribution in [3.05, 3.63) is 60.9 Å². The molecular weight excluding hydrogens is 462 g/mol. The fourth-order valence-electron chi connectivity index (χ4n) is 2.22. The van der Waals surface area contributed by atoms with Crippen LogP contribution in [-0.4, -0.2) is 13.7 Å². The Labute approximate surface area is 150 Å². The van der Waals surface area contributed by atoms with Gasteiger partial charge in [0.15, 0.2) is 0 Å². The minimum Gasteiger partial charge on any atom is -0.497 e. The molecule has 0 aromatic heterocycles. The van der Waals surface area contributed by atoms with Crippen molar-refractivity contribution in [1.29, 1.82) is 0 Å². The molecule has 2 aromatic rings. The normalized spacial score (nSPS) is 12.2. The Morgan fingerprint density at radius 2 is 1.71 bits per heavy atom. The van der Waals surface area contributed by atoms with E-state index >= 15 is 0 Å². The molecule has 21 heavy (non-hydrogen) atoms. The maximum Gasteiger partial charge on any atom is 0.120 e. The van der Waals surface area contributed by atoms with Crippen LogP contribution in [0.4, 0.5) is 0 Å². The maximum atomic E-state index is 5.27. The molecule has 2 aromatic carbocycles. The van der Waals surface area contributed by atoms with E-state index in [1.54, 1.807) is 7.11 Å². The van der Waals surface area contributed by atoms with Crippen LogP contribution in [0.1, 0.15) is 24.1 Å². The van der Waals surface area contributed by atoms with Crippen LogP contribution in [-0.2, 0) is 0 Å². The fraction of sp³-hybridized carbons (Fsp3) is 0.250. The van der Waals surface area contributed by atoms with Crippen molar-refractivity contribution in [2.45, 2.75) is 13.0 Å². The minimum atomic E-state index is 0.115. The average Bonchev–Trinajstić information content (AvgIpc) is 2.44. The van der Waals surface area contributed by atoms with E-state index in [0.29, 0.717) is 0 Å². The molecule has 0 spiro atoms. The topological polar surface area (TPSA) is 21.3 Å². The van der Waals surface area contributed by atoms with E-state index in [9.17, 15) is 0 Å². The van der Waals surface area contributed by atoms with Gasteiger partial charge in [0.25, 0.3) is 0 Å². The lowest BCUT2D eigenvalue weighted by atomic mass is 9.98. The molecule has 0 saturated carbocycles. The smallest absolute Gasteiger partial charge is 0.120 e. The number of methoxy groups -OCH3 is 1. The lowest BCUT2D eigenvalue weighted by molar-refractivity contribution is 0.414. The third-order valence-electron chi connectivity index (χ3n) is 3.15. The SMILES string of the molecule is CCNC(c1cc(Br)cc(Br)c1)c1ccc(OC)cc1Br. The molecule has 1 N–H and O–H groups in total. The van der Waals surface area contributed by atoms with Gasteiger partial charge in [-0.25, -0.2) is 0 Å². The van der Waals surface area contributed by atoms with Crippen LogP contribution in [0, 0.1) is 0 Å². The van der Waals surface area contributed by atoms with E-state index in [1.165, 1.54) is 11.1 Å². The Morgan fingerprint density at radius 1 is 1.05 bits per heavy atom. The van der Waals surface area contributed by atoms with E-state index in [2.05, 4.69) is 78.2 Å². The van der Waals surface area contributed by atoms with Crippen molar-refractivity contribution in [1.82, 2.24) is 5.32 Å². The Bertz CT molecular complexity index is 611. The first-order valence-electron chi connectivity index (χ1n) is 6.58. The molecule has 112 valence electrons. The number of nitrogens with one attached hydrogen (secondary N) is 1. The summed E-state index contributed by atoms with van der Waals surface area (Å²) in [6, 6.07) is 12.5. The number of benzene rings is 2. The van der Waals surface area contributed by atoms with Gasteiger partial charge in [0.2, 0.25) is 0 Å². The van der Waals surface area contributed by atoms with E-state index in [1.807, 2.05) is 18.2 Å². The van der Waals surface area contributed by atoms with E-state index in [0.717, 1.165) is 25.7 Å². The fourth-order valence-corrected chi connectivity index (χ4v) is 4.14. The summed E-state index contributed by atoms with van der Waals surface area (Å²) in [6.45, 7) is 2.99. The van der Waals surface area contributed by atoms with Gasteiger partial charge in [-0.1, -0.05) is 60.8 Å². The summed E-state index contributed by atoms with van der Waals surface area (Å²) in [5, 5.41) is 3.54. The quantitative estimate of drug-likeness (QED) is 0.598. The first kappa shape index (κ1) is 17.0. The van der Waals surface area contributed by atoms with Crippen LogP contribution >= 0.6 is 47.8 Å². The molecular formula is C16H16Br3NO. The highest BCUT2D eigenvalue weighted by Crippen LogP contribution is 2.33. The lowest BCUT2D eigenvalue weighted by Gasteiger charge is -2.21. The van der Waals surface area contributed by atoms with E-state index in [-0.39, 0.29) is 6.04 Å². The summed E-state index contributed by atoms with van der Waals surface area (Å²) < 4.78 is 8.41. The summed E-state index contributed by atoms with van der Waals surface area (Å²) in [7, 11) is 1.68. The first-order valence-corrected chi connectivity index (χ1v) is 8.96. The van der Waals surface area contributed by atoms with Crippen LogP contribution < -0.4 is 10.1 Å². The average molecular weight is 478 g/mol. The summed E-state index contributed by atoms with van der Waals surface area (Å²) in [6.07, 6.45) is 0. The first-order chi connectivity index (χ1) is 10.0. The molecule has 1 unspecified atom stereocenters. The van der Waals surface area contributed by atoms with Crippen molar-refractivity contribution in [3.63, 3.8) is 0 Å². The molecule has 0 radical (unpaired) electrons. The molecule has 5 heteroatoms. The van der Waals surface area contributed by atoms with Crippen molar-refractivity contribution >= 4 is 47.8 Å². The summed E-state index contributed by atoms with van der Waals surface area (Å²) in [4.78, 5) is 0. The third-order valence-corrected chi connectivity index (χ3v) is 4.75. The second-order valence-corrected chi connectivity index (χ2v) is 7.27. The van der Waals surface area contributed by atoms with Crippen molar-refractivity contribution in [2.75, 3.05) is 13.7 Å². The van der Waals surface area contributed by atoms with Crippen molar-refractivity contribution in [2.24, 2.45) is 0 Å². The van der Waals surface area contributed by atoms with Gasteiger partial charge >= 0.3 is 0 Å². The molecule has 1 atom stereocenters. The van der Waals surface area contributed by atoms with Gasteiger partial charge in [0.05, 0.1) is 13.2 Å². The highest BCUT2D eigenvalue weighted by Gasteiger charge is 2.17. The summed E-state index contributed by atoms with van der Waals surface area (Å²) >= 11 is 10.8. The van der Waals surface area contributed by atoms with Crippen LogP contribution in [0.3, 0.4) is 0 Å². The molecule has 0 amide bonds. The molecule has 0 heterocycles. The largest absolute Gasteiger partial charge is 0.497 e. The summed E-state index contributed by atoms with van der Waals surface area (Å²) in [5.41, 5.74) is 2.38. The van der Waals surface area contributed by atoms with Crippen LogP contribution in [0.25, 0.3) is 0 Å². The second-order valence-electron chi connectivity index (χ2n) is 4.58. The summed E-state index contributed by atoms with van der Waals surface area (Å²) in [5.74, 6) is 0.844. The number of hydrogen-bond donors (Lipinski definition) is 1. The van der Waals surface area contributed by atoms with Crippen LogP contribution in [0.15, 0.2) is 49.8 Å². The Balaban J connectivity index is 2.47. The van der Waals surface area contributed by atoms with Gasteiger partial charge in [0, 0.05) is 13.4 Å². The van der Waals surface area contributed by atoms with Crippen LogP contribution in [0.2, 0.25) is 0 Å². The van der Waals surface area contributed by atoms with Crippen LogP contribution in [0.5, 0.6) is 5.75 Å². The molecule has 0 saturated heterocycles. The highest BCUT2D eigenvalue weighted by atomic mass is 79.9. The van der Waals surface area contributed by atoms with Gasteiger partial charge in [-0.3, -0.25) is 0 Å². The molecule has 2 rings (SSSR count). The number of rotatable bonds is 5. The molecule has 2 nitrogen and oxygen atoms in total. The zero-order chi connectivity index (χ0) is 15.4. The van der Waals surface area contributed by atoms with E-state index in [4.69, 9.17) is 4.74 Å². The standard InChI is InChI=1S/C16H16Br3NO/c1-3-20-16(10-6-11(17)8-12(18)7-10)14-5-4-13(21-2)9-15(14)19/h4-9,16,20H,3H2,1-2H3. The van der Waals surface area contributed by atoms with Gasteiger partial charge < -0.3 is 10.1 Å². The molecule has 0 aliphatic rings. The molecule has 0 aliphatic carbocycles. The van der Waals surface area contributed by atoms with Gasteiger partial charge in [0.1, 0.15) is 5.75 Å². The van der Waals surface area contributed by atoms with E-state index < -0.39 is 0 Å². The highest BCUT2D eigenvalue weighted by molar-refractivity contribution is 9.11. The molecule has 0 fully saturated rings. The third kappa shape index (κ3) is 4.31. The molecule has 0 aliphatic heterocycles. The minimum absolute atomic E-state index is 0.115. The zero-order valence-electron chi connectivity index (χ0n) is 11.8. The Kier molecular flexibility index (Phi) is 6.29. The maximum absolute atomic E-state index is 5.27. The van der Waals surface area contributed by atoms with Crippen molar-refractivity contribution < 1.29 is 4.74 Å². The molecule has 0 bridgehead atoms. The Hall–Kier alpha value is -0.360. The van der Waals surface area contributed by atoms with Crippen molar-refractivity contribution in [3.8, 4) is 5.75 Å². The second kappa shape index (κ2) is 7.77. The predicted octanol–water partition coefficient (Wildman–Crippen LogP) is 5.68. The zero-order valence-corrected chi connectivity index (χ0v) is 16.5. The number of hydrogen-bond acceptors (Lipinski definition) is 2. The number of halogens is 3. The van der Waals surface area contributed by atoms with Gasteiger partial charge in [-0.05, 0) is 48.0 Å².